The van der Waals surface area contributed by atoms with Gasteiger partial charge in [-0.15, -0.1) is 11.3 Å². The Bertz CT molecular complexity index is 1110. The molecule has 1 aromatic heterocycles. The summed E-state index contributed by atoms with van der Waals surface area (Å²) in [4.78, 5) is 32.5. The van der Waals surface area contributed by atoms with Gasteiger partial charge >= 0.3 is 0 Å². The summed E-state index contributed by atoms with van der Waals surface area (Å²) < 4.78 is 13.3. The van der Waals surface area contributed by atoms with Gasteiger partial charge in [-0.05, 0) is 41.8 Å². The number of nitrogens with zero attached hydrogens (tertiary/aromatic N) is 2. The molecule has 5 nitrogen and oxygen atoms in total. The molecule has 0 atom stereocenters. The molecule has 29 heavy (non-hydrogen) atoms. The van der Waals surface area contributed by atoms with Gasteiger partial charge in [-0.25, -0.2) is 9.38 Å². The van der Waals surface area contributed by atoms with E-state index in [1.807, 2.05) is 29.6 Å². The average Bonchev–Trinajstić information content (AvgIpc) is 3.19. The number of anilines is 2. The van der Waals surface area contributed by atoms with Crippen molar-refractivity contribution in [3.63, 3.8) is 0 Å². The van der Waals surface area contributed by atoms with Gasteiger partial charge in [0, 0.05) is 10.6 Å². The van der Waals surface area contributed by atoms with Gasteiger partial charge < -0.3 is 10.2 Å². The van der Waals surface area contributed by atoms with Crippen LogP contribution in [0.3, 0.4) is 0 Å². The molecular weight excluding hydrogens is 413 g/mol. The summed E-state index contributed by atoms with van der Waals surface area (Å²) >= 11 is 7.27. The Morgan fingerprint density at radius 3 is 2.79 bits per heavy atom. The van der Waals surface area contributed by atoms with Gasteiger partial charge in [0.15, 0.2) is 0 Å². The lowest BCUT2D eigenvalue weighted by Crippen LogP contribution is -2.38. The third-order valence-electron chi connectivity index (χ3n) is 4.36. The molecule has 0 radical (unpaired) electrons. The number of halogens is 2. The van der Waals surface area contributed by atoms with E-state index in [0.29, 0.717) is 22.8 Å². The van der Waals surface area contributed by atoms with Crippen LogP contribution in [0.25, 0.3) is 0 Å². The monoisotopic (exact) mass is 427 g/mol. The van der Waals surface area contributed by atoms with Crippen LogP contribution in [0.15, 0.2) is 65.0 Å². The number of fused-ring (bicyclic) bond motifs is 1. The maximum Gasteiger partial charge on any atom is 0.244 e. The van der Waals surface area contributed by atoms with Crippen LogP contribution in [0.4, 0.5) is 21.5 Å². The van der Waals surface area contributed by atoms with Gasteiger partial charge in [0.25, 0.3) is 0 Å². The summed E-state index contributed by atoms with van der Waals surface area (Å²) in [7, 11) is 0. The van der Waals surface area contributed by atoms with Gasteiger partial charge in [0.2, 0.25) is 11.8 Å². The fourth-order valence-electron chi connectivity index (χ4n) is 3.02. The van der Waals surface area contributed by atoms with E-state index in [4.69, 9.17) is 11.6 Å². The van der Waals surface area contributed by atoms with Gasteiger partial charge in [0.1, 0.15) is 12.4 Å². The number of nitrogens with one attached hydrogen (secondary N) is 1. The second-order valence-corrected chi connectivity index (χ2v) is 7.71. The van der Waals surface area contributed by atoms with Crippen LogP contribution in [0, 0.1) is 5.82 Å². The second kappa shape index (κ2) is 8.14. The van der Waals surface area contributed by atoms with Gasteiger partial charge in [-0.2, -0.15) is 0 Å². The average molecular weight is 428 g/mol. The van der Waals surface area contributed by atoms with E-state index in [-0.39, 0.29) is 23.9 Å². The molecule has 1 aliphatic heterocycles. The summed E-state index contributed by atoms with van der Waals surface area (Å²) in [5.41, 5.74) is 2.22. The minimum absolute atomic E-state index is 0.0881. The van der Waals surface area contributed by atoms with E-state index < -0.39 is 11.7 Å². The number of amides is 2. The molecule has 0 fully saturated rings. The van der Waals surface area contributed by atoms with Crippen molar-refractivity contribution in [3.05, 3.63) is 75.7 Å². The third-order valence-corrected chi connectivity index (χ3v) is 5.57. The quantitative estimate of drug-likeness (QED) is 0.634. The van der Waals surface area contributed by atoms with Crippen LogP contribution in [-0.2, 0) is 9.59 Å². The standard InChI is InChI=1S/C21H15ClFN3O2S/c22-14-10-13(7-8-15(14)23)24-20(27)12-26-18-5-2-1-4-16(18)25-17(11-21(26)28)19-6-3-9-29-19/h1-10H,11-12H2,(H,24,27). The summed E-state index contributed by atoms with van der Waals surface area (Å²) in [6.07, 6.45) is 0.0881. The first-order chi connectivity index (χ1) is 14.0. The van der Waals surface area contributed by atoms with E-state index in [1.165, 1.54) is 34.4 Å². The Hall–Kier alpha value is -3.03. The highest BCUT2D eigenvalue weighted by Crippen LogP contribution is 2.33. The molecule has 8 heteroatoms. The molecule has 2 aromatic carbocycles. The molecule has 0 bridgehead atoms. The zero-order valence-corrected chi connectivity index (χ0v) is 16.6. The van der Waals surface area contributed by atoms with Crippen molar-refractivity contribution in [2.24, 2.45) is 4.99 Å². The number of carbonyl (C=O) groups excluding carboxylic acids is 2. The third kappa shape index (κ3) is 4.21. The van der Waals surface area contributed by atoms with Crippen molar-refractivity contribution in [3.8, 4) is 0 Å². The van der Waals surface area contributed by atoms with Crippen molar-refractivity contribution >= 4 is 57.5 Å². The number of para-hydroxylation sites is 2. The van der Waals surface area contributed by atoms with Crippen LogP contribution >= 0.6 is 22.9 Å². The topological polar surface area (TPSA) is 61.8 Å². The van der Waals surface area contributed by atoms with E-state index in [2.05, 4.69) is 10.3 Å². The van der Waals surface area contributed by atoms with Crippen molar-refractivity contribution in [2.75, 3.05) is 16.8 Å². The molecule has 2 heterocycles. The van der Waals surface area contributed by atoms with Crippen molar-refractivity contribution in [1.82, 2.24) is 0 Å². The highest BCUT2D eigenvalue weighted by Gasteiger charge is 2.27. The molecule has 4 rings (SSSR count). The maximum absolute atomic E-state index is 13.3. The summed E-state index contributed by atoms with van der Waals surface area (Å²) in [5, 5.41) is 4.49. The van der Waals surface area contributed by atoms with Crippen LogP contribution in [0.1, 0.15) is 11.3 Å². The summed E-state index contributed by atoms with van der Waals surface area (Å²) in [6.45, 7) is -0.196. The molecule has 0 saturated heterocycles. The highest BCUT2D eigenvalue weighted by molar-refractivity contribution is 7.12. The lowest BCUT2D eigenvalue weighted by molar-refractivity contribution is -0.120. The Labute approximate surface area is 175 Å². The zero-order valence-electron chi connectivity index (χ0n) is 15.1. The zero-order chi connectivity index (χ0) is 20.4. The highest BCUT2D eigenvalue weighted by atomic mass is 35.5. The molecule has 1 N–H and O–H groups in total. The molecule has 0 aliphatic carbocycles. The first-order valence-corrected chi connectivity index (χ1v) is 10.0. The Morgan fingerprint density at radius 2 is 2.03 bits per heavy atom. The fraction of sp³-hybridized carbons (Fsp3) is 0.0952. The van der Waals surface area contributed by atoms with Crippen molar-refractivity contribution in [1.29, 1.82) is 0 Å². The number of hydrogen-bond donors (Lipinski definition) is 1. The minimum Gasteiger partial charge on any atom is -0.324 e. The largest absolute Gasteiger partial charge is 0.324 e. The first-order valence-electron chi connectivity index (χ1n) is 8.77. The van der Waals surface area contributed by atoms with Gasteiger partial charge in [-0.3, -0.25) is 9.59 Å². The lowest BCUT2D eigenvalue weighted by atomic mass is 10.2. The molecule has 0 unspecified atom stereocenters. The van der Waals surface area contributed by atoms with Gasteiger partial charge in [-0.1, -0.05) is 29.8 Å². The number of hydrogen-bond acceptors (Lipinski definition) is 4. The van der Waals surface area contributed by atoms with Gasteiger partial charge in [0.05, 0.1) is 28.5 Å². The number of thiophene rings is 1. The Morgan fingerprint density at radius 1 is 1.21 bits per heavy atom. The second-order valence-electron chi connectivity index (χ2n) is 6.36. The van der Waals surface area contributed by atoms with E-state index in [0.717, 1.165) is 4.88 Å². The maximum atomic E-state index is 13.3. The molecule has 0 saturated carbocycles. The molecule has 1 aliphatic rings. The molecule has 2 amide bonds. The SMILES string of the molecule is O=C(CN1C(=O)CC(c2cccs2)=Nc2ccccc21)Nc1ccc(F)c(Cl)c1. The van der Waals surface area contributed by atoms with Crippen molar-refractivity contribution < 1.29 is 14.0 Å². The van der Waals surface area contributed by atoms with Crippen molar-refractivity contribution in [2.45, 2.75) is 6.42 Å². The smallest absolute Gasteiger partial charge is 0.244 e. The number of carbonyl (C=O) groups is 2. The number of rotatable bonds is 4. The Balaban J connectivity index is 1.59. The lowest BCUT2D eigenvalue weighted by Gasteiger charge is -2.22. The van der Waals surface area contributed by atoms with E-state index in [1.54, 1.807) is 12.1 Å². The first kappa shape index (κ1) is 19.3. The van der Waals surface area contributed by atoms with Crippen LogP contribution in [-0.4, -0.2) is 24.1 Å². The predicted octanol–water partition coefficient (Wildman–Crippen LogP) is 5.04. The Kier molecular flexibility index (Phi) is 5.42. The van der Waals surface area contributed by atoms with E-state index in [9.17, 15) is 14.0 Å². The fourth-order valence-corrected chi connectivity index (χ4v) is 3.92. The summed E-state index contributed by atoms with van der Waals surface area (Å²) in [5.74, 6) is -1.22. The van der Waals surface area contributed by atoms with Crippen LogP contribution in [0.2, 0.25) is 5.02 Å². The minimum atomic E-state index is -0.570. The molecule has 3 aromatic rings. The predicted molar refractivity (Wildman–Crippen MR) is 114 cm³/mol. The number of benzene rings is 2. The molecular formula is C21H15ClFN3O2S. The normalized spacial score (nSPS) is 13.5. The molecule has 146 valence electrons. The number of aliphatic imine (C=N–C) groups is 1. The summed E-state index contributed by atoms with van der Waals surface area (Å²) in [6, 6.07) is 14.9. The van der Waals surface area contributed by atoms with E-state index >= 15 is 0 Å². The van der Waals surface area contributed by atoms with Crippen LogP contribution in [0.5, 0.6) is 0 Å². The molecule has 0 spiro atoms. The van der Waals surface area contributed by atoms with Crippen LogP contribution < -0.4 is 10.2 Å².